The standard InChI is InChI=1S/C47H61N7O7/c1-30-14-12-17-34(48-30)29-53-24-25-54(45(53)60)41(47(5,6)7)43(57)49-35(26-31-15-10-9-11-16-31)28-38(55)37(51-42(56)40(46(2,3)4)52-44(58)59)27-32-20-22-33(23-21-32)36-18-13-19-39(50-36)61-8/h9-23,35,37-38,40-41,52,55H,24-29H2,1-8H3,(H,49,57)(H,51,56)(H,58,59)/t35-,37-,38+,40+,41+/m0/s1. The van der Waals surface area contributed by atoms with Crippen LogP contribution in [0, 0.1) is 17.8 Å². The third kappa shape index (κ3) is 12.7. The first-order valence-electron chi connectivity index (χ1n) is 20.7. The number of urea groups is 1. The molecule has 0 spiro atoms. The number of rotatable bonds is 17. The molecule has 5 rings (SSSR count). The molecular formula is C47H61N7O7. The van der Waals surface area contributed by atoms with Gasteiger partial charge in [-0.05, 0) is 66.3 Å². The van der Waals surface area contributed by atoms with E-state index >= 15 is 0 Å². The van der Waals surface area contributed by atoms with Crippen LogP contribution in [-0.4, -0.2) is 104 Å². The van der Waals surface area contributed by atoms with Gasteiger partial charge in [0.05, 0.1) is 37.2 Å². The van der Waals surface area contributed by atoms with Crippen LogP contribution in [0.25, 0.3) is 11.3 Å². The molecule has 5 atom stereocenters. The Labute approximate surface area is 359 Å². The number of nitrogens with zero attached hydrogens (tertiary/aromatic N) is 4. The van der Waals surface area contributed by atoms with Crippen LogP contribution < -0.4 is 20.7 Å². The highest BCUT2D eigenvalue weighted by Gasteiger charge is 2.44. The molecular weight excluding hydrogens is 775 g/mol. The highest BCUT2D eigenvalue weighted by atomic mass is 16.5. The zero-order valence-electron chi connectivity index (χ0n) is 36.5. The molecule has 3 heterocycles. The van der Waals surface area contributed by atoms with Crippen molar-refractivity contribution in [3.8, 4) is 17.1 Å². The van der Waals surface area contributed by atoms with Gasteiger partial charge in [-0.15, -0.1) is 0 Å². The van der Waals surface area contributed by atoms with Crippen LogP contribution >= 0.6 is 0 Å². The van der Waals surface area contributed by atoms with Gasteiger partial charge in [0.15, 0.2) is 0 Å². The number of aromatic nitrogens is 2. The molecule has 326 valence electrons. The van der Waals surface area contributed by atoms with Gasteiger partial charge in [0.2, 0.25) is 17.7 Å². The number of aliphatic hydroxyl groups excluding tert-OH is 1. The fraction of sp³-hybridized carbons (Fsp3) is 0.447. The molecule has 4 aromatic rings. The Bertz CT molecular complexity index is 2120. The van der Waals surface area contributed by atoms with Gasteiger partial charge in [-0.3, -0.25) is 14.6 Å². The number of pyridine rings is 2. The summed E-state index contributed by atoms with van der Waals surface area (Å²) >= 11 is 0. The summed E-state index contributed by atoms with van der Waals surface area (Å²) in [6.07, 6.45) is -1.98. The van der Waals surface area contributed by atoms with E-state index in [-0.39, 0.29) is 24.8 Å². The molecule has 0 saturated carbocycles. The highest BCUT2D eigenvalue weighted by Crippen LogP contribution is 2.30. The van der Waals surface area contributed by atoms with Crippen molar-refractivity contribution in [1.29, 1.82) is 0 Å². The first kappa shape index (κ1) is 46.1. The van der Waals surface area contributed by atoms with E-state index in [0.717, 1.165) is 28.1 Å². The van der Waals surface area contributed by atoms with Gasteiger partial charge in [-0.1, -0.05) is 108 Å². The Morgan fingerprint density at radius 3 is 2.07 bits per heavy atom. The van der Waals surface area contributed by atoms with Crippen LogP contribution in [0.2, 0.25) is 0 Å². The number of aryl methyl sites for hydroxylation is 1. The normalized spacial score (nSPS) is 15.7. The van der Waals surface area contributed by atoms with E-state index in [1.54, 1.807) is 43.7 Å². The Balaban J connectivity index is 1.42. The molecule has 1 saturated heterocycles. The fourth-order valence-electron chi connectivity index (χ4n) is 7.80. The van der Waals surface area contributed by atoms with E-state index in [2.05, 4.69) is 25.9 Å². The van der Waals surface area contributed by atoms with E-state index in [1.807, 2.05) is 113 Å². The Morgan fingerprint density at radius 1 is 0.770 bits per heavy atom. The molecule has 1 fully saturated rings. The molecule has 0 aliphatic carbocycles. The fourth-order valence-corrected chi connectivity index (χ4v) is 7.80. The number of carbonyl (C=O) groups excluding carboxylic acids is 3. The van der Waals surface area contributed by atoms with Crippen molar-refractivity contribution < 1.29 is 34.1 Å². The molecule has 61 heavy (non-hydrogen) atoms. The van der Waals surface area contributed by atoms with E-state index in [4.69, 9.17) is 4.74 Å². The summed E-state index contributed by atoms with van der Waals surface area (Å²) in [6, 6.07) is 24.6. The van der Waals surface area contributed by atoms with Gasteiger partial charge in [-0.2, -0.15) is 0 Å². The average Bonchev–Trinajstić information content (AvgIpc) is 3.54. The number of carbonyl (C=O) groups is 4. The van der Waals surface area contributed by atoms with Crippen molar-refractivity contribution in [2.24, 2.45) is 10.8 Å². The summed E-state index contributed by atoms with van der Waals surface area (Å²) in [5.74, 6) is -0.470. The monoisotopic (exact) mass is 835 g/mol. The number of ether oxygens (including phenoxy) is 1. The molecule has 1 aliphatic rings. The van der Waals surface area contributed by atoms with Crippen molar-refractivity contribution in [1.82, 2.24) is 35.7 Å². The van der Waals surface area contributed by atoms with Gasteiger partial charge >= 0.3 is 12.1 Å². The van der Waals surface area contributed by atoms with Crippen molar-refractivity contribution in [2.45, 2.75) is 105 Å². The first-order valence-corrected chi connectivity index (χ1v) is 20.7. The van der Waals surface area contributed by atoms with E-state index in [9.17, 15) is 29.4 Å². The molecule has 2 aromatic heterocycles. The van der Waals surface area contributed by atoms with E-state index in [0.29, 0.717) is 37.6 Å². The van der Waals surface area contributed by atoms with Gasteiger partial charge in [0.25, 0.3) is 0 Å². The molecule has 1 aliphatic heterocycles. The Hall–Kier alpha value is -6.02. The predicted octanol–water partition coefficient (Wildman–Crippen LogP) is 6.00. The molecule has 14 nitrogen and oxygen atoms in total. The third-order valence-corrected chi connectivity index (χ3v) is 10.8. The topological polar surface area (TPSA) is 186 Å². The molecule has 0 radical (unpaired) electrons. The summed E-state index contributed by atoms with van der Waals surface area (Å²) in [5.41, 5.74) is 3.43. The second kappa shape index (κ2) is 20.0. The number of hydrogen-bond acceptors (Lipinski definition) is 8. The number of aliphatic hydroxyl groups is 1. The molecule has 14 heteroatoms. The SMILES string of the molecule is COc1cccc(-c2ccc(C[C@H](NC(=O)[C@@H](NC(=O)O)C(C)(C)C)[C@H](O)C[C@H](Cc3ccccc3)NC(=O)[C@@H](N3CCN(Cc4cccc(C)n4)C3=O)C(C)(C)C)cc2)n1. The van der Waals surface area contributed by atoms with E-state index in [1.165, 1.54) is 0 Å². The van der Waals surface area contributed by atoms with Crippen molar-refractivity contribution in [2.75, 3.05) is 20.2 Å². The van der Waals surface area contributed by atoms with Crippen LogP contribution in [0.5, 0.6) is 5.88 Å². The van der Waals surface area contributed by atoms with Crippen LogP contribution in [0.3, 0.4) is 0 Å². The Kier molecular flexibility index (Phi) is 15.1. The number of methoxy groups -OCH3 is 1. The number of hydrogen-bond donors (Lipinski definition) is 5. The largest absolute Gasteiger partial charge is 0.481 e. The summed E-state index contributed by atoms with van der Waals surface area (Å²) in [6.45, 7) is 14.1. The lowest BCUT2D eigenvalue weighted by Gasteiger charge is -2.38. The average molecular weight is 836 g/mol. The summed E-state index contributed by atoms with van der Waals surface area (Å²) in [4.78, 5) is 66.7. The maximum atomic E-state index is 14.6. The highest BCUT2D eigenvalue weighted by molar-refractivity contribution is 5.89. The minimum absolute atomic E-state index is 0.0277. The summed E-state index contributed by atoms with van der Waals surface area (Å²) in [7, 11) is 1.55. The maximum Gasteiger partial charge on any atom is 0.405 e. The third-order valence-electron chi connectivity index (χ3n) is 10.8. The smallest absolute Gasteiger partial charge is 0.405 e. The number of amides is 5. The molecule has 5 amide bonds. The van der Waals surface area contributed by atoms with Gasteiger partial charge in [0.1, 0.15) is 12.1 Å². The molecule has 0 bridgehead atoms. The van der Waals surface area contributed by atoms with Crippen LogP contribution in [0.1, 0.15) is 70.5 Å². The second-order valence-corrected chi connectivity index (χ2v) is 18.0. The lowest BCUT2D eigenvalue weighted by molar-refractivity contribution is -0.130. The Morgan fingerprint density at radius 2 is 1.44 bits per heavy atom. The van der Waals surface area contributed by atoms with Crippen molar-refractivity contribution >= 4 is 23.9 Å². The zero-order valence-corrected chi connectivity index (χ0v) is 36.5. The number of carboxylic acid groups (broad SMARTS) is 1. The quantitative estimate of drug-likeness (QED) is 0.0851. The van der Waals surface area contributed by atoms with E-state index < -0.39 is 53.1 Å². The van der Waals surface area contributed by atoms with Gasteiger partial charge < -0.3 is 40.7 Å². The number of nitrogens with one attached hydrogen (secondary N) is 3. The minimum Gasteiger partial charge on any atom is -0.481 e. The lowest BCUT2D eigenvalue weighted by Crippen LogP contribution is -2.59. The summed E-state index contributed by atoms with van der Waals surface area (Å²) in [5, 5.41) is 30.3. The predicted molar refractivity (Wildman–Crippen MR) is 234 cm³/mol. The van der Waals surface area contributed by atoms with Crippen LogP contribution in [0.4, 0.5) is 9.59 Å². The first-order chi connectivity index (χ1) is 28.8. The van der Waals surface area contributed by atoms with Crippen LogP contribution in [-0.2, 0) is 29.0 Å². The second-order valence-electron chi connectivity index (χ2n) is 18.0. The minimum atomic E-state index is -1.35. The van der Waals surface area contributed by atoms with Crippen LogP contribution in [0.15, 0.2) is 91.0 Å². The lowest BCUT2D eigenvalue weighted by atomic mass is 9.84. The summed E-state index contributed by atoms with van der Waals surface area (Å²) < 4.78 is 5.30. The number of benzene rings is 2. The van der Waals surface area contributed by atoms with Gasteiger partial charge in [0, 0.05) is 36.5 Å². The zero-order chi connectivity index (χ0) is 44.5. The molecule has 5 N–H and O–H groups in total. The van der Waals surface area contributed by atoms with Crippen molar-refractivity contribution in [3.05, 3.63) is 114 Å². The maximum absolute atomic E-state index is 14.6. The molecule has 0 unspecified atom stereocenters. The van der Waals surface area contributed by atoms with Gasteiger partial charge in [-0.25, -0.2) is 14.6 Å². The molecule has 2 aromatic carbocycles. The van der Waals surface area contributed by atoms with Crippen molar-refractivity contribution in [3.63, 3.8) is 0 Å².